The normalized spacial score (nSPS) is 31.9. The van der Waals surface area contributed by atoms with E-state index in [1.807, 2.05) is 0 Å². The fourth-order valence-electron chi connectivity index (χ4n) is 3.95. The van der Waals surface area contributed by atoms with E-state index in [1.54, 1.807) is 0 Å². The Morgan fingerprint density at radius 3 is 2.28 bits per heavy atom. The molecule has 102 valence electrons. The van der Waals surface area contributed by atoms with E-state index >= 15 is 0 Å². The third kappa shape index (κ3) is 2.29. The molecule has 0 aliphatic heterocycles. The van der Waals surface area contributed by atoms with Crippen molar-refractivity contribution in [3.05, 3.63) is 0 Å². The van der Waals surface area contributed by atoms with Gasteiger partial charge in [0.1, 0.15) is 0 Å². The summed E-state index contributed by atoms with van der Waals surface area (Å²) in [4.78, 5) is 14.8. The Morgan fingerprint density at radius 1 is 1.17 bits per heavy atom. The van der Waals surface area contributed by atoms with Crippen molar-refractivity contribution in [2.24, 2.45) is 29.4 Å². The first kappa shape index (κ1) is 12.5. The molecule has 0 radical (unpaired) electrons. The maximum absolute atomic E-state index is 12.7. The molecule has 2 atom stereocenters. The van der Waals surface area contributed by atoms with Crippen LogP contribution in [-0.2, 0) is 4.79 Å². The predicted molar refractivity (Wildman–Crippen MR) is 71.9 cm³/mol. The highest BCUT2D eigenvalue weighted by Gasteiger charge is 2.46. The molecule has 3 fully saturated rings. The number of carbonyl (C=O) groups excluding carboxylic acids is 1. The van der Waals surface area contributed by atoms with Crippen LogP contribution in [0.4, 0.5) is 0 Å². The van der Waals surface area contributed by atoms with E-state index < -0.39 is 0 Å². The number of carbonyl (C=O) groups is 1. The molecule has 3 rings (SSSR count). The van der Waals surface area contributed by atoms with Gasteiger partial charge in [-0.1, -0.05) is 6.42 Å². The monoisotopic (exact) mass is 250 g/mol. The van der Waals surface area contributed by atoms with E-state index in [4.69, 9.17) is 5.73 Å². The van der Waals surface area contributed by atoms with Gasteiger partial charge in [-0.3, -0.25) is 4.79 Å². The number of nitrogens with zero attached hydrogens (tertiary/aromatic N) is 1. The number of hydrogen-bond acceptors (Lipinski definition) is 2. The molecule has 0 heterocycles. The van der Waals surface area contributed by atoms with E-state index in [0.29, 0.717) is 24.4 Å². The zero-order valence-electron chi connectivity index (χ0n) is 11.5. The molecule has 3 nitrogen and oxygen atoms in total. The second kappa shape index (κ2) is 4.84. The summed E-state index contributed by atoms with van der Waals surface area (Å²) in [6.45, 7) is 0.682. The van der Waals surface area contributed by atoms with E-state index in [9.17, 15) is 4.79 Å². The SMILES string of the molecule is CN(C(=O)[C@@H]1CCC[C@@H]1CN)C(C1CC1)C1CC1. The van der Waals surface area contributed by atoms with Gasteiger partial charge in [0.05, 0.1) is 0 Å². The molecule has 3 aliphatic carbocycles. The molecule has 1 amide bonds. The van der Waals surface area contributed by atoms with Crippen LogP contribution in [0.2, 0.25) is 0 Å². The minimum atomic E-state index is 0.222. The van der Waals surface area contributed by atoms with Crippen LogP contribution in [0.5, 0.6) is 0 Å². The third-order valence-electron chi connectivity index (χ3n) is 5.28. The summed E-state index contributed by atoms with van der Waals surface area (Å²) < 4.78 is 0. The number of amides is 1. The molecule has 0 spiro atoms. The highest BCUT2D eigenvalue weighted by Crippen LogP contribution is 2.47. The summed E-state index contributed by atoms with van der Waals surface area (Å²) >= 11 is 0. The predicted octanol–water partition coefficient (Wildman–Crippen LogP) is 2.01. The lowest BCUT2D eigenvalue weighted by molar-refractivity contribution is -0.138. The van der Waals surface area contributed by atoms with Crippen LogP contribution in [0, 0.1) is 23.7 Å². The smallest absolute Gasteiger partial charge is 0.226 e. The molecular formula is C15H26N2O. The first-order valence-corrected chi connectivity index (χ1v) is 7.69. The molecule has 0 aromatic carbocycles. The van der Waals surface area contributed by atoms with Gasteiger partial charge in [-0.15, -0.1) is 0 Å². The molecule has 0 aromatic heterocycles. The van der Waals surface area contributed by atoms with Crippen molar-refractivity contribution in [3.8, 4) is 0 Å². The summed E-state index contributed by atoms with van der Waals surface area (Å²) in [5.41, 5.74) is 5.81. The van der Waals surface area contributed by atoms with Crippen molar-refractivity contribution >= 4 is 5.91 Å². The van der Waals surface area contributed by atoms with E-state index in [0.717, 1.165) is 24.7 Å². The van der Waals surface area contributed by atoms with Crippen molar-refractivity contribution in [1.29, 1.82) is 0 Å². The zero-order valence-corrected chi connectivity index (χ0v) is 11.5. The van der Waals surface area contributed by atoms with Gasteiger partial charge in [0.2, 0.25) is 5.91 Å². The van der Waals surface area contributed by atoms with Crippen LogP contribution in [0.15, 0.2) is 0 Å². The van der Waals surface area contributed by atoms with Crippen LogP contribution in [0.1, 0.15) is 44.9 Å². The minimum Gasteiger partial charge on any atom is -0.342 e. The summed E-state index contributed by atoms with van der Waals surface area (Å²) in [7, 11) is 2.05. The van der Waals surface area contributed by atoms with Gasteiger partial charge in [-0.2, -0.15) is 0 Å². The topological polar surface area (TPSA) is 46.3 Å². The van der Waals surface area contributed by atoms with Crippen molar-refractivity contribution in [3.63, 3.8) is 0 Å². The number of rotatable bonds is 5. The average Bonchev–Trinajstić information content (AvgIpc) is 3.30. The second-order valence-corrected chi connectivity index (χ2v) is 6.65. The Balaban J connectivity index is 1.66. The van der Waals surface area contributed by atoms with Gasteiger partial charge in [-0.25, -0.2) is 0 Å². The van der Waals surface area contributed by atoms with Gasteiger partial charge >= 0.3 is 0 Å². The molecule has 3 aliphatic rings. The summed E-state index contributed by atoms with van der Waals surface area (Å²) in [5, 5.41) is 0. The molecular weight excluding hydrogens is 224 g/mol. The highest BCUT2D eigenvalue weighted by molar-refractivity contribution is 5.79. The number of hydrogen-bond donors (Lipinski definition) is 1. The quantitative estimate of drug-likeness (QED) is 0.811. The molecule has 3 saturated carbocycles. The van der Waals surface area contributed by atoms with E-state index in [2.05, 4.69) is 11.9 Å². The van der Waals surface area contributed by atoms with E-state index in [-0.39, 0.29) is 5.92 Å². The fourth-order valence-corrected chi connectivity index (χ4v) is 3.95. The Bertz CT molecular complexity index is 310. The van der Waals surface area contributed by atoms with Gasteiger partial charge in [-0.05, 0) is 62.8 Å². The molecule has 0 saturated heterocycles. The Morgan fingerprint density at radius 2 is 1.78 bits per heavy atom. The molecule has 0 unspecified atom stereocenters. The second-order valence-electron chi connectivity index (χ2n) is 6.65. The van der Waals surface area contributed by atoms with Gasteiger partial charge in [0, 0.05) is 19.0 Å². The number of nitrogens with two attached hydrogens (primary N) is 1. The van der Waals surface area contributed by atoms with Crippen LogP contribution in [-0.4, -0.2) is 30.4 Å². The van der Waals surface area contributed by atoms with Crippen molar-refractivity contribution < 1.29 is 4.79 Å². The summed E-state index contributed by atoms with van der Waals surface area (Å²) in [6.07, 6.45) is 8.75. The molecule has 18 heavy (non-hydrogen) atoms. The van der Waals surface area contributed by atoms with Crippen LogP contribution in [0.25, 0.3) is 0 Å². The summed E-state index contributed by atoms with van der Waals surface area (Å²) in [5.74, 6) is 2.68. The van der Waals surface area contributed by atoms with Crippen LogP contribution < -0.4 is 5.73 Å². The lowest BCUT2D eigenvalue weighted by Gasteiger charge is -2.32. The Kier molecular flexibility index (Phi) is 3.35. The van der Waals surface area contributed by atoms with Gasteiger partial charge < -0.3 is 10.6 Å². The average molecular weight is 250 g/mol. The largest absolute Gasteiger partial charge is 0.342 e. The molecule has 3 heteroatoms. The fraction of sp³-hybridized carbons (Fsp3) is 0.933. The van der Waals surface area contributed by atoms with Crippen molar-refractivity contribution in [2.75, 3.05) is 13.6 Å². The maximum Gasteiger partial charge on any atom is 0.226 e. The van der Waals surface area contributed by atoms with Gasteiger partial charge in [0.25, 0.3) is 0 Å². The zero-order chi connectivity index (χ0) is 12.7. The minimum absolute atomic E-state index is 0.222. The first-order valence-electron chi connectivity index (χ1n) is 7.69. The van der Waals surface area contributed by atoms with Gasteiger partial charge in [0.15, 0.2) is 0 Å². The first-order chi connectivity index (χ1) is 8.72. The lowest BCUT2D eigenvalue weighted by Crippen LogP contribution is -2.44. The van der Waals surface area contributed by atoms with Crippen molar-refractivity contribution in [1.82, 2.24) is 4.90 Å². The summed E-state index contributed by atoms with van der Waals surface area (Å²) in [6, 6.07) is 0.552. The van der Waals surface area contributed by atoms with Crippen LogP contribution in [0.3, 0.4) is 0 Å². The maximum atomic E-state index is 12.7. The molecule has 0 bridgehead atoms. The Hall–Kier alpha value is -0.570. The highest BCUT2D eigenvalue weighted by atomic mass is 16.2. The van der Waals surface area contributed by atoms with Crippen LogP contribution >= 0.6 is 0 Å². The van der Waals surface area contributed by atoms with Crippen molar-refractivity contribution in [2.45, 2.75) is 51.0 Å². The molecule has 2 N–H and O–H groups in total. The third-order valence-corrected chi connectivity index (χ3v) is 5.28. The van der Waals surface area contributed by atoms with E-state index in [1.165, 1.54) is 32.1 Å². The molecule has 0 aromatic rings. The standard InChI is InChI=1S/C15H26N2O/c1-17(14(10-5-6-10)11-7-8-11)15(18)13-4-2-3-12(13)9-16/h10-14H,2-9,16H2,1H3/t12-,13-/m1/s1. The lowest BCUT2D eigenvalue weighted by atomic mass is 9.93. The Labute approximate surface area is 110 Å².